The third kappa shape index (κ3) is 2.06. The molecule has 5 heteroatoms. The van der Waals surface area contributed by atoms with E-state index in [1.54, 1.807) is 12.3 Å². The summed E-state index contributed by atoms with van der Waals surface area (Å²) >= 11 is 5.96. The van der Waals surface area contributed by atoms with Crippen molar-refractivity contribution in [3.8, 4) is 0 Å². The fraction of sp³-hybridized carbons (Fsp3) is 0.0909. The zero-order valence-electron chi connectivity index (χ0n) is 8.53. The number of aromatic nitrogens is 2. The van der Waals surface area contributed by atoms with E-state index in [1.165, 1.54) is 13.2 Å². The molecular weight excluding hydrogens is 228 g/mol. The second-order valence-corrected chi connectivity index (χ2v) is 3.49. The van der Waals surface area contributed by atoms with Gasteiger partial charge in [0, 0.05) is 17.7 Å². The van der Waals surface area contributed by atoms with Gasteiger partial charge in [0.15, 0.2) is 5.15 Å². The average Bonchev–Trinajstić information content (AvgIpc) is 2.74. The molecule has 0 aromatic carbocycles. The Morgan fingerprint density at radius 2 is 2.44 bits per heavy atom. The number of carbonyl (C=O) groups is 1. The van der Waals surface area contributed by atoms with Gasteiger partial charge in [0.25, 0.3) is 0 Å². The normalized spacial score (nSPS) is 11.1. The number of aromatic amines is 1. The van der Waals surface area contributed by atoms with Crippen LogP contribution in [0.2, 0.25) is 5.15 Å². The first-order valence-corrected chi connectivity index (χ1v) is 4.98. The number of ether oxygens (including phenoxy) is 1. The van der Waals surface area contributed by atoms with Crippen LogP contribution in [0, 0.1) is 0 Å². The van der Waals surface area contributed by atoms with Crippen LogP contribution < -0.4 is 0 Å². The van der Waals surface area contributed by atoms with Crippen LogP contribution in [0.25, 0.3) is 17.0 Å². The van der Waals surface area contributed by atoms with Gasteiger partial charge in [-0.3, -0.25) is 0 Å². The maximum atomic E-state index is 10.9. The van der Waals surface area contributed by atoms with Crippen molar-refractivity contribution in [2.45, 2.75) is 0 Å². The van der Waals surface area contributed by atoms with Crippen molar-refractivity contribution in [2.24, 2.45) is 0 Å². The summed E-state index contributed by atoms with van der Waals surface area (Å²) < 4.78 is 4.48. The predicted molar refractivity (Wildman–Crippen MR) is 62.2 cm³/mol. The fourth-order valence-electron chi connectivity index (χ4n) is 1.35. The Balaban J connectivity index is 2.38. The van der Waals surface area contributed by atoms with E-state index in [0.29, 0.717) is 10.8 Å². The van der Waals surface area contributed by atoms with E-state index in [1.807, 2.05) is 12.1 Å². The summed E-state index contributed by atoms with van der Waals surface area (Å²) in [4.78, 5) is 18.0. The Hall–Kier alpha value is -1.81. The molecule has 0 unspecified atom stereocenters. The topological polar surface area (TPSA) is 55.0 Å². The largest absolute Gasteiger partial charge is 0.466 e. The molecule has 4 nitrogen and oxygen atoms in total. The third-order valence-electron chi connectivity index (χ3n) is 2.11. The van der Waals surface area contributed by atoms with E-state index < -0.39 is 5.97 Å². The minimum absolute atomic E-state index is 0.381. The number of hydrogen-bond donors (Lipinski definition) is 1. The molecule has 82 valence electrons. The summed E-state index contributed by atoms with van der Waals surface area (Å²) in [6.07, 6.45) is 4.65. The van der Waals surface area contributed by atoms with Crippen molar-refractivity contribution < 1.29 is 9.53 Å². The lowest BCUT2D eigenvalue weighted by Crippen LogP contribution is -1.93. The van der Waals surface area contributed by atoms with Crippen molar-refractivity contribution in [3.05, 3.63) is 35.3 Å². The van der Waals surface area contributed by atoms with Gasteiger partial charge < -0.3 is 9.72 Å². The van der Waals surface area contributed by atoms with Crippen molar-refractivity contribution in [3.63, 3.8) is 0 Å². The van der Waals surface area contributed by atoms with Gasteiger partial charge in [-0.05, 0) is 18.2 Å². The highest BCUT2D eigenvalue weighted by molar-refractivity contribution is 6.33. The third-order valence-corrected chi connectivity index (χ3v) is 2.38. The summed E-state index contributed by atoms with van der Waals surface area (Å²) in [5, 5.41) is 1.33. The molecule has 0 aliphatic heterocycles. The molecule has 2 aromatic rings. The molecule has 0 aliphatic carbocycles. The van der Waals surface area contributed by atoms with Crippen molar-refractivity contribution in [2.75, 3.05) is 7.11 Å². The zero-order chi connectivity index (χ0) is 11.5. The maximum Gasteiger partial charge on any atom is 0.330 e. The Morgan fingerprint density at radius 3 is 3.19 bits per heavy atom. The molecule has 2 heterocycles. The first-order valence-electron chi connectivity index (χ1n) is 4.60. The Kier molecular flexibility index (Phi) is 2.92. The number of nitrogens with one attached hydrogen (secondary N) is 1. The Labute approximate surface area is 96.9 Å². The van der Waals surface area contributed by atoms with Crippen molar-refractivity contribution in [1.29, 1.82) is 0 Å². The van der Waals surface area contributed by atoms with Gasteiger partial charge in [0.1, 0.15) is 0 Å². The molecule has 0 fully saturated rings. The summed E-state index contributed by atoms with van der Waals surface area (Å²) in [5.41, 5.74) is 1.40. The first-order chi connectivity index (χ1) is 7.70. The van der Waals surface area contributed by atoms with E-state index in [-0.39, 0.29) is 0 Å². The van der Waals surface area contributed by atoms with E-state index in [9.17, 15) is 4.79 Å². The minimum atomic E-state index is -0.424. The van der Waals surface area contributed by atoms with E-state index in [2.05, 4.69) is 14.7 Å². The summed E-state index contributed by atoms with van der Waals surface area (Å²) in [7, 11) is 1.32. The molecule has 0 radical (unpaired) electrons. The summed E-state index contributed by atoms with van der Waals surface area (Å²) in [5.74, 6) is -0.424. The second-order valence-electron chi connectivity index (χ2n) is 3.14. The molecule has 0 aliphatic rings. The lowest BCUT2D eigenvalue weighted by molar-refractivity contribution is -0.134. The number of methoxy groups -OCH3 is 1. The molecule has 0 atom stereocenters. The van der Waals surface area contributed by atoms with E-state index in [0.717, 1.165) is 10.9 Å². The quantitative estimate of drug-likeness (QED) is 0.495. The lowest BCUT2D eigenvalue weighted by atomic mass is 10.2. The number of hydrogen-bond acceptors (Lipinski definition) is 3. The Morgan fingerprint density at radius 1 is 1.62 bits per heavy atom. The van der Waals surface area contributed by atoms with E-state index in [4.69, 9.17) is 11.6 Å². The molecule has 2 rings (SSSR count). The highest BCUT2D eigenvalue weighted by Gasteiger charge is 2.03. The van der Waals surface area contributed by atoms with Crippen molar-refractivity contribution >= 4 is 34.5 Å². The predicted octanol–water partition coefficient (Wildman–Crippen LogP) is 2.40. The molecule has 16 heavy (non-hydrogen) atoms. The van der Waals surface area contributed by atoms with Crippen LogP contribution >= 0.6 is 11.6 Å². The standard InChI is InChI=1S/C11H9ClN2O2/c1-16-9(15)3-2-8-6-7-4-5-13-10(7)11(12)14-8/h2-6,13H,1H3. The summed E-state index contributed by atoms with van der Waals surface area (Å²) in [6.45, 7) is 0. The van der Waals surface area contributed by atoms with E-state index >= 15 is 0 Å². The van der Waals surface area contributed by atoms with Crippen LogP contribution in [-0.2, 0) is 9.53 Å². The number of nitrogens with zero attached hydrogens (tertiary/aromatic N) is 1. The first kappa shape index (κ1) is 10.7. The van der Waals surface area contributed by atoms with Crippen LogP contribution in [-0.4, -0.2) is 23.0 Å². The Bertz CT molecular complexity index is 560. The number of fused-ring (bicyclic) bond motifs is 1. The zero-order valence-corrected chi connectivity index (χ0v) is 9.28. The molecule has 0 amide bonds. The van der Waals surface area contributed by atoms with Crippen LogP contribution in [0.1, 0.15) is 5.69 Å². The van der Waals surface area contributed by atoms with Crippen LogP contribution in [0.5, 0.6) is 0 Å². The molecule has 1 N–H and O–H groups in total. The highest BCUT2D eigenvalue weighted by atomic mass is 35.5. The number of esters is 1. The lowest BCUT2D eigenvalue weighted by Gasteiger charge is -1.97. The molecule has 2 aromatic heterocycles. The number of rotatable bonds is 2. The van der Waals surface area contributed by atoms with Crippen LogP contribution in [0.3, 0.4) is 0 Å². The molecule has 0 saturated heterocycles. The van der Waals surface area contributed by atoms with Gasteiger partial charge in [0.2, 0.25) is 0 Å². The molecule has 0 bridgehead atoms. The smallest absolute Gasteiger partial charge is 0.330 e. The van der Waals surface area contributed by atoms with Gasteiger partial charge in [0.05, 0.1) is 18.3 Å². The fourth-order valence-corrected chi connectivity index (χ4v) is 1.61. The van der Waals surface area contributed by atoms with Crippen LogP contribution in [0.4, 0.5) is 0 Å². The monoisotopic (exact) mass is 236 g/mol. The minimum Gasteiger partial charge on any atom is -0.466 e. The molecule has 0 spiro atoms. The highest BCUT2D eigenvalue weighted by Crippen LogP contribution is 2.21. The van der Waals surface area contributed by atoms with Gasteiger partial charge in [-0.15, -0.1) is 0 Å². The molecule has 0 saturated carbocycles. The number of H-pyrrole nitrogens is 1. The van der Waals surface area contributed by atoms with Gasteiger partial charge in [-0.1, -0.05) is 11.6 Å². The molecular formula is C11H9ClN2O2. The second kappa shape index (κ2) is 4.37. The van der Waals surface area contributed by atoms with Crippen molar-refractivity contribution in [1.82, 2.24) is 9.97 Å². The number of pyridine rings is 1. The number of halogens is 1. The van der Waals surface area contributed by atoms with Crippen LogP contribution in [0.15, 0.2) is 24.4 Å². The average molecular weight is 237 g/mol. The van der Waals surface area contributed by atoms with Gasteiger partial charge >= 0.3 is 5.97 Å². The summed E-state index contributed by atoms with van der Waals surface area (Å²) in [6, 6.07) is 3.72. The van der Waals surface area contributed by atoms with Gasteiger partial charge in [-0.25, -0.2) is 9.78 Å². The maximum absolute atomic E-state index is 10.9. The SMILES string of the molecule is COC(=O)C=Cc1cc2cc[nH]c2c(Cl)n1. The van der Waals surface area contributed by atoms with Gasteiger partial charge in [-0.2, -0.15) is 0 Å². The number of carbonyl (C=O) groups excluding carboxylic acids is 1.